The van der Waals surface area contributed by atoms with Crippen molar-refractivity contribution in [3.8, 4) is 0 Å². The fourth-order valence-corrected chi connectivity index (χ4v) is 5.38. The molecule has 3 aliphatic rings. The molecule has 1 aliphatic heterocycles. The van der Waals surface area contributed by atoms with Crippen LogP contribution in [0.1, 0.15) is 75.0 Å². The molecule has 0 bridgehead atoms. The van der Waals surface area contributed by atoms with Gasteiger partial charge in [-0.3, -0.25) is 0 Å². The molecule has 0 spiro atoms. The molecule has 136 valence electrons. The summed E-state index contributed by atoms with van der Waals surface area (Å²) in [6, 6.07) is 10.3. The Morgan fingerprint density at radius 3 is 1.72 bits per heavy atom. The van der Waals surface area contributed by atoms with Crippen molar-refractivity contribution in [3.05, 3.63) is 35.9 Å². The van der Waals surface area contributed by atoms with E-state index in [9.17, 15) is 0 Å². The average Bonchev–Trinajstić information content (AvgIpc) is 3.15. The van der Waals surface area contributed by atoms with Crippen molar-refractivity contribution >= 4 is 18.7 Å². The van der Waals surface area contributed by atoms with Gasteiger partial charge in [-0.05, 0) is 43.1 Å². The molecule has 2 aliphatic carbocycles. The van der Waals surface area contributed by atoms with E-state index in [1.807, 2.05) is 18.2 Å². The van der Waals surface area contributed by atoms with E-state index in [2.05, 4.69) is 12.1 Å². The highest BCUT2D eigenvalue weighted by Crippen LogP contribution is 2.43. The molecule has 1 aromatic carbocycles. The number of rotatable bonds is 4. The van der Waals surface area contributed by atoms with Gasteiger partial charge in [0, 0.05) is 0 Å². The smallest absolute Gasteiger partial charge is 0.404 e. The van der Waals surface area contributed by atoms with Crippen LogP contribution in [-0.4, -0.2) is 19.3 Å². The Labute approximate surface area is 157 Å². The van der Waals surface area contributed by atoms with Crippen molar-refractivity contribution in [3.63, 3.8) is 0 Å². The van der Waals surface area contributed by atoms with Gasteiger partial charge in [0.05, 0.1) is 17.5 Å². The predicted molar refractivity (Wildman–Crippen MR) is 104 cm³/mol. The minimum atomic E-state index is -0.303. The van der Waals surface area contributed by atoms with Crippen LogP contribution in [-0.2, 0) is 9.31 Å². The zero-order chi connectivity index (χ0) is 17.1. The number of halogens is 1. The van der Waals surface area contributed by atoms with Gasteiger partial charge < -0.3 is 9.31 Å². The monoisotopic (exact) mass is 360 g/mol. The first-order valence-electron chi connectivity index (χ1n) is 10.3. The lowest BCUT2D eigenvalue weighted by molar-refractivity contribution is 0.0324. The molecular weight excluding hydrogens is 330 g/mol. The Morgan fingerprint density at radius 1 is 0.760 bits per heavy atom. The van der Waals surface area contributed by atoms with Crippen molar-refractivity contribution in [2.75, 3.05) is 0 Å². The molecule has 1 aromatic rings. The van der Waals surface area contributed by atoms with Crippen LogP contribution in [0.5, 0.6) is 0 Å². The third-order valence-electron chi connectivity index (χ3n) is 6.49. The van der Waals surface area contributed by atoms with E-state index in [0.717, 1.165) is 5.56 Å². The van der Waals surface area contributed by atoms with Crippen molar-refractivity contribution in [2.24, 2.45) is 11.8 Å². The summed E-state index contributed by atoms with van der Waals surface area (Å²) in [6.45, 7) is 0. The lowest BCUT2D eigenvalue weighted by atomic mass is 9.77. The Kier molecular flexibility index (Phi) is 6.05. The molecule has 1 saturated heterocycles. The Hall–Kier alpha value is -0.505. The van der Waals surface area contributed by atoms with Crippen molar-refractivity contribution in [2.45, 2.75) is 81.7 Å². The topological polar surface area (TPSA) is 18.5 Å². The Bertz CT molecular complexity index is 502. The van der Waals surface area contributed by atoms with Crippen LogP contribution in [0.15, 0.2) is 30.3 Å². The fraction of sp³-hybridized carbons (Fsp3) is 0.714. The van der Waals surface area contributed by atoms with Gasteiger partial charge in [0.25, 0.3) is 0 Å². The molecule has 4 heteroatoms. The van der Waals surface area contributed by atoms with Crippen LogP contribution in [0.25, 0.3) is 0 Å². The molecule has 3 fully saturated rings. The van der Waals surface area contributed by atoms with Crippen LogP contribution in [0.2, 0.25) is 0 Å². The minimum Gasteiger partial charge on any atom is -0.404 e. The number of alkyl halides is 1. The molecule has 0 unspecified atom stereocenters. The van der Waals surface area contributed by atoms with E-state index in [-0.39, 0.29) is 24.6 Å². The highest BCUT2D eigenvalue weighted by molar-refractivity contribution is 6.59. The summed E-state index contributed by atoms with van der Waals surface area (Å²) >= 11 is 6.77. The largest absolute Gasteiger partial charge is 0.481 e. The van der Waals surface area contributed by atoms with Gasteiger partial charge in [0.2, 0.25) is 0 Å². The summed E-state index contributed by atoms with van der Waals surface area (Å²) in [6.07, 6.45) is 13.8. The standard InChI is InChI=1S/C21H30BClO2/c23-21(18-14-8-3-9-15-18)22-24-19(16-10-4-1-5-11-16)20(25-22)17-12-6-2-7-13-17/h3,8-9,14-17,19-21H,1-2,4-7,10-13H2/t19-,20-,21-/m1/s1. The molecule has 0 radical (unpaired) electrons. The first-order valence-corrected chi connectivity index (χ1v) is 10.8. The Morgan fingerprint density at radius 2 is 1.24 bits per heavy atom. The highest BCUT2D eigenvalue weighted by atomic mass is 35.5. The molecule has 0 amide bonds. The van der Waals surface area contributed by atoms with Gasteiger partial charge >= 0.3 is 7.12 Å². The quantitative estimate of drug-likeness (QED) is 0.489. The summed E-state index contributed by atoms with van der Waals surface area (Å²) in [4.78, 5) is 0. The molecule has 2 saturated carbocycles. The van der Waals surface area contributed by atoms with Crippen LogP contribution in [0.3, 0.4) is 0 Å². The molecular formula is C21H30BClO2. The lowest BCUT2D eigenvalue weighted by Gasteiger charge is -2.35. The maximum absolute atomic E-state index is 6.77. The minimum absolute atomic E-state index is 0.221. The second-order valence-electron chi connectivity index (χ2n) is 8.18. The fourth-order valence-electron chi connectivity index (χ4n) is 5.11. The van der Waals surface area contributed by atoms with E-state index in [4.69, 9.17) is 20.9 Å². The SMILES string of the molecule is Cl[C@@H](B1O[C@H](C2CCCCC2)[C@@H](C2CCCCC2)O1)c1ccccc1. The van der Waals surface area contributed by atoms with Gasteiger partial charge in [-0.2, -0.15) is 0 Å². The van der Waals surface area contributed by atoms with E-state index < -0.39 is 0 Å². The van der Waals surface area contributed by atoms with Crippen LogP contribution < -0.4 is 0 Å². The summed E-state index contributed by atoms with van der Waals surface area (Å²) in [7, 11) is -0.303. The molecule has 1 heterocycles. The highest BCUT2D eigenvalue weighted by Gasteiger charge is 2.49. The normalized spacial score (nSPS) is 30.5. The molecule has 4 rings (SSSR count). The molecule has 3 atom stereocenters. The van der Waals surface area contributed by atoms with Gasteiger partial charge in [0.1, 0.15) is 0 Å². The van der Waals surface area contributed by atoms with E-state index in [1.165, 1.54) is 64.2 Å². The second kappa shape index (κ2) is 8.46. The zero-order valence-electron chi connectivity index (χ0n) is 15.1. The summed E-state index contributed by atoms with van der Waals surface area (Å²) < 4.78 is 13.1. The van der Waals surface area contributed by atoms with Crippen LogP contribution >= 0.6 is 11.6 Å². The van der Waals surface area contributed by atoms with E-state index in [0.29, 0.717) is 11.8 Å². The van der Waals surface area contributed by atoms with Crippen molar-refractivity contribution in [1.29, 1.82) is 0 Å². The number of hydrogen-bond donors (Lipinski definition) is 0. The molecule has 0 aromatic heterocycles. The molecule has 25 heavy (non-hydrogen) atoms. The van der Waals surface area contributed by atoms with Crippen molar-refractivity contribution < 1.29 is 9.31 Å². The van der Waals surface area contributed by atoms with Crippen molar-refractivity contribution in [1.82, 2.24) is 0 Å². The number of benzene rings is 1. The lowest BCUT2D eigenvalue weighted by Crippen LogP contribution is -2.38. The molecule has 2 nitrogen and oxygen atoms in total. The maximum atomic E-state index is 6.77. The van der Waals surface area contributed by atoms with Gasteiger partial charge in [-0.25, -0.2) is 0 Å². The predicted octanol–water partition coefficient (Wildman–Crippen LogP) is 5.94. The first kappa shape index (κ1) is 17.9. The average molecular weight is 361 g/mol. The third kappa shape index (κ3) is 4.09. The van der Waals surface area contributed by atoms with Gasteiger partial charge in [-0.1, -0.05) is 68.9 Å². The zero-order valence-corrected chi connectivity index (χ0v) is 15.9. The van der Waals surface area contributed by atoms with E-state index >= 15 is 0 Å². The maximum Gasteiger partial charge on any atom is 0.481 e. The first-order chi connectivity index (χ1) is 12.3. The van der Waals surface area contributed by atoms with E-state index in [1.54, 1.807) is 0 Å². The summed E-state index contributed by atoms with van der Waals surface area (Å²) in [5.41, 5.74) is 1.10. The van der Waals surface area contributed by atoms with Crippen LogP contribution in [0, 0.1) is 11.8 Å². The molecule has 0 N–H and O–H groups in total. The number of hydrogen-bond acceptors (Lipinski definition) is 2. The second-order valence-corrected chi connectivity index (χ2v) is 8.65. The summed E-state index contributed by atoms with van der Waals surface area (Å²) in [5, 5.41) is -0.221. The van der Waals surface area contributed by atoms with Gasteiger partial charge in [-0.15, -0.1) is 11.6 Å². The third-order valence-corrected chi connectivity index (χ3v) is 6.95. The van der Waals surface area contributed by atoms with Gasteiger partial charge in [0.15, 0.2) is 0 Å². The van der Waals surface area contributed by atoms with Crippen LogP contribution in [0.4, 0.5) is 0 Å². The Balaban J connectivity index is 1.50. The summed E-state index contributed by atoms with van der Waals surface area (Å²) in [5.74, 6) is 1.32.